The van der Waals surface area contributed by atoms with Crippen LogP contribution in [0.15, 0.2) is 41.2 Å². The summed E-state index contributed by atoms with van der Waals surface area (Å²) in [7, 11) is 0. The first-order valence-electron chi connectivity index (χ1n) is 10.3. The van der Waals surface area contributed by atoms with Gasteiger partial charge in [-0.05, 0) is 50.5 Å². The SMILES string of the molecule is CCCCOc1ccc(CC(C)(C)NCC(O)c2cc(O)cc3[nH]c(=O)sc23)cc1. The number of phenols is 1. The maximum absolute atomic E-state index is 11.7. The molecule has 30 heavy (non-hydrogen) atoms. The number of aromatic nitrogens is 1. The standard InChI is InChI=1S/C23H30N2O4S/c1-4-5-10-29-17-8-6-15(7-9-17)13-23(2,3)24-14-20(27)18-11-16(26)12-19-21(18)30-22(28)25-19/h6-9,11-12,20,24,26-27H,4-5,10,13-14H2,1-3H3,(H,25,28). The monoisotopic (exact) mass is 430 g/mol. The van der Waals surface area contributed by atoms with Crippen molar-refractivity contribution in [3.8, 4) is 11.5 Å². The molecule has 1 atom stereocenters. The number of nitrogens with one attached hydrogen (secondary N) is 2. The zero-order chi connectivity index (χ0) is 21.7. The summed E-state index contributed by atoms with van der Waals surface area (Å²) in [5, 5.41) is 24.1. The molecule has 6 nitrogen and oxygen atoms in total. The fourth-order valence-corrected chi connectivity index (χ4v) is 4.29. The van der Waals surface area contributed by atoms with E-state index < -0.39 is 6.10 Å². The molecule has 0 spiro atoms. The van der Waals surface area contributed by atoms with Gasteiger partial charge in [0.25, 0.3) is 0 Å². The number of aromatic hydroxyl groups is 1. The maximum Gasteiger partial charge on any atom is 0.305 e. The average Bonchev–Trinajstić information content (AvgIpc) is 3.06. The second-order valence-electron chi connectivity index (χ2n) is 8.23. The minimum atomic E-state index is -0.848. The van der Waals surface area contributed by atoms with Crippen LogP contribution in [0.25, 0.3) is 10.2 Å². The van der Waals surface area contributed by atoms with Gasteiger partial charge >= 0.3 is 4.87 Å². The summed E-state index contributed by atoms with van der Waals surface area (Å²) in [6, 6.07) is 11.1. The third-order valence-corrected chi connectivity index (χ3v) is 5.95. The van der Waals surface area contributed by atoms with Gasteiger partial charge in [0.15, 0.2) is 0 Å². The van der Waals surface area contributed by atoms with E-state index in [0.717, 1.165) is 43.0 Å². The van der Waals surface area contributed by atoms with Gasteiger partial charge in [-0.1, -0.05) is 36.8 Å². The molecule has 3 aromatic rings. The van der Waals surface area contributed by atoms with Crippen LogP contribution >= 0.6 is 11.3 Å². The number of hydrogen-bond acceptors (Lipinski definition) is 6. The molecule has 0 aliphatic rings. The molecule has 1 heterocycles. The number of H-pyrrole nitrogens is 1. The first kappa shape index (κ1) is 22.3. The number of thiazole rings is 1. The third-order valence-electron chi connectivity index (χ3n) is 5.00. The van der Waals surface area contributed by atoms with Crippen LogP contribution in [-0.2, 0) is 6.42 Å². The predicted octanol–water partition coefficient (Wildman–Crippen LogP) is 4.12. The largest absolute Gasteiger partial charge is 0.508 e. The summed E-state index contributed by atoms with van der Waals surface area (Å²) in [6.07, 6.45) is 2.09. The summed E-state index contributed by atoms with van der Waals surface area (Å²) < 4.78 is 6.38. The Morgan fingerprint density at radius 2 is 1.97 bits per heavy atom. The minimum Gasteiger partial charge on any atom is -0.508 e. The number of hydrogen-bond donors (Lipinski definition) is 4. The predicted molar refractivity (Wildman–Crippen MR) is 122 cm³/mol. The summed E-state index contributed by atoms with van der Waals surface area (Å²) in [5.74, 6) is 0.901. The van der Waals surface area contributed by atoms with E-state index in [0.29, 0.717) is 22.3 Å². The van der Waals surface area contributed by atoms with Gasteiger partial charge in [0, 0.05) is 23.7 Å². The van der Waals surface area contributed by atoms with E-state index in [1.54, 1.807) is 0 Å². The lowest BCUT2D eigenvalue weighted by molar-refractivity contribution is 0.162. The lowest BCUT2D eigenvalue weighted by atomic mass is 9.94. The number of aliphatic hydroxyl groups is 1. The normalized spacial score (nSPS) is 12.9. The van der Waals surface area contributed by atoms with E-state index >= 15 is 0 Å². The zero-order valence-electron chi connectivity index (χ0n) is 17.7. The van der Waals surface area contributed by atoms with Crippen molar-refractivity contribution < 1.29 is 14.9 Å². The summed E-state index contributed by atoms with van der Waals surface area (Å²) >= 11 is 1.04. The highest BCUT2D eigenvalue weighted by Gasteiger charge is 2.22. The molecule has 2 aromatic carbocycles. The Morgan fingerprint density at radius 1 is 1.23 bits per heavy atom. The molecular weight excluding hydrogens is 400 g/mol. The molecule has 0 aliphatic heterocycles. The highest BCUT2D eigenvalue weighted by atomic mass is 32.1. The fraction of sp³-hybridized carbons (Fsp3) is 0.435. The van der Waals surface area contributed by atoms with E-state index in [1.807, 2.05) is 12.1 Å². The smallest absolute Gasteiger partial charge is 0.305 e. The van der Waals surface area contributed by atoms with Crippen molar-refractivity contribution in [3.63, 3.8) is 0 Å². The fourth-order valence-electron chi connectivity index (χ4n) is 3.41. The van der Waals surface area contributed by atoms with Crippen molar-refractivity contribution >= 4 is 21.6 Å². The van der Waals surface area contributed by atoms with E-state index in [1.165, 1.54) is 17.7 Å². The number of fused-ring (bicyclic) bond motifs is 1. The first-order valence-corrected chi connectivity index (χ1v) is 11.1. The number of β-amino-alcohol motifs (C(OH)–C–C–N with tert-alkyl or cyclic N) is 1. The second kappa shape index (κ2) is 9.64. The maximum atomic E-state index is 11.7. The molecule has 0 amide bonds. The molecule has 1 unspecified atom stereocenters. The highest BCUT2D eigenvalue weighted by Crippen LogP contribution is 2.30. The van der Waals surface area contributed by atoms with Crippen LogP contribution < -0.4 is 14.9 Å². The number of unbranched alkanes of at least 4 members (excludes halogenated alkanes) is 1. The molecule has 162 valence electrons. The van der Waals surface area contributed by atoms with Crippen molar-refractivity contribution in [2.24, 2.45) is 0 Å². The lowest BCUT2D eigenvalue weighted by Crippen LogP contribution is -2.43. The van der Waals surface area contributed by atoms with Crippen LogP contribution in [0, 0.1) is 0 Å². The number of phenolic OH excluding ortho intramolecular Hbond substituents is 1. The Balaban J connectivity index is 1.61. The highest BCUT2D eigenvalue weighted by molar-refractivity contribution is 7.16. The van der Waals surface area contributed by atoms with Gasteiger partial charge in [0.05, 0.1) is 22.9 Å². The molecule has 0 bridgehead atoms. The first-order chi connectivity index (χ1) is 14.3. The van der Waals surface area contributed by atoms with Crippen molar-refractivity contribution in [2.75, 3.05) is 13.2 Å². The third kappa shape index (κ3) is 5.84. The van der Waals surface area contributed by atoms with Gasteiger partial charge in [-0.2, -0.15) is 0 Å². The van der Waals surface area contributed by atoms with Gasteiger partial charge in [0.1, 0.15) is 11.5 Å². The van der Waals surface area contributed by atoms with Crippen LogP contribution in [0.5, 0.6) is 11.5 Å². The van der Waals surface area contributed by atoms with Gasteiger partial charge in [-0.3, -0.25) is 4.79 Å². The number of aliphatic hydroxyl groups excluding tert-OH is 1. The average molecular weight is 431 g/mol. The Bertz CT molecular complexity index is 1020. The lowest BCUT2D eigenvalue weighted by Gasteiger charge is -2.28. The van der Waals surface area contributed by atoms with Crippen molar-refractivity contribution in [1.82, 2.24) is 10.3 Å². The van der Waals surface area contributed by atoms with Crippen LogP contribution in [0.4, 0.5) is 0 Å². The number of aromatic amines is 1. The Hall–Kier alpha value is -2.35. The molecule has 3 rings (SSSR count). The minimum absolute atomic E-state index is 0.0195. The van der Waals surface area contributed by atoms with Gasteiger partial charge in [-0.25, -0.2) is 0 Å². The van der Waals surface area contributed by atoms with Crippen molar-refractivity contribution in [2.45, 2.75) is 51.7 Å². The molecule has 0 aliphatic carbocycles. The molecule has 0 fully saturated rings. The van der Waals surface area contributed by atoms with Gasteiger partial charge in [-0.15, -0.1) is 0 Å². The molecule has 1 aromatic heterocycles. The number of benzene rings is 2. The van der Waals surface area contributed by atoms with E-state index in [2.05, 4.69) is 43.2 Å². The quantitative estimate of drug-likeness (QED) is 0.363. The zero-order valence-corrected chi connectivity index (χ0v) is 18.5. The summed E-state index contributed by atoms with van der Waals surface area (Å²) in [6.45, 7) is 7.34. The molecule has 0 radical (unpaired) electrons. The number of rotatable bonds is 10. The molecule has 0 saturated carbocycles. The summed E-state index contributed by atoms with van der Waals surface area (Å²) in [4.78, 5) is 14.1. The Labute approximate surface area is 180 Å². The van der Waals surface area contributed by atoms with E-state index in [-0.39, 0.29) is 16.2 Å². The molecule has 7 heteroatoms. The topological polar surface area (TPSA) is 94.6 Å². The van der Waals surface area contributed by atoms with Crippen molar-refractivity contribution in [3.05, 3.63) is 57.2 Å². The van der Waals surface area contributed by atoms with Crippen LogP contribution in [-0.4, -0.2) is 33.9 Å². The van der Waals surface area contributed by atoms with Gasteiger partial charge < -0.3 is 25.3 Å². The van der Waals surface area contributed by atoms with Crippen molar-refractivity contribution in [1.29, 1.82) is 0 Å². The van der Waals surface area contributed by atoms with Crippen LogP contribution in [0.1, 0.15) is 50.8 Å². The molecule has 0 saturated heterocycles. The second-order valence-corrected chi connectivity index (χ2v) is 9.21. The Morgan fingerprint density at radius 3 is 2.67 bits per heavy atom. The molecular formula is C23H30N2O4S. The number of ether oxygens (including phenoxy) is 1. The summed E-state index contributed by atoms with van der Waals surface area (Å²) in [5.41, 5.74) is 2.01. The van der Waals surface area contributed by atoms with Crippen LogP contribution in [0.3, 0.4) is 0 Å². The molecule has 4 N–H and O–H groups in total. The van der Waals surface area contributed by atoms with E-state index in [9.17, 15) is 15.0 Å². The van der Waals surface area contributed by atoms with E-state index in [4.69, 9.17) is 4.74 Å². The van der Waals surface area contributed by atoms with Crippen LogP contribution in [0.2, 0.25) is 0 Å². The van der Waals surface area contributed by atoms with Gasteiger partial charge in [0.2, 0.25) is 0 Å². The Kier molecular flexibility index (Phi) is 7.18.